The molecule has 2 unspecified atom stereocenters. The minimum absolute atomic E-state index is 0.0897. The van der Waals surface area contributed by atoms with E-state index in [0.717, 1.165) is 30.7 Å². The topological polar surface area (TPSA) is 53.7 Å². The summed E-state index contributed by atoms with van der Waals surface area (Å²) in [5, 5.41) is 10.1. The molecule has 1 saturated heterocycles. The summed E-state index contributed by atoms with van der Waals surface area (Å²) in [6.45, 7) is 1.50. The molecule has 0 bridgehead atoms. The Morgan fingerprint density at radius 3 is 2.79 bits per heavy atom. The standard InChI is InChI=1S/C19H22ClNO3/c20-16-7-5-15(6-8-16)18(11-17-4-2-10-24-17)19(23)21-9-1-3-14(12-21)13-22/h2,4-8,10,14,18,22H,1,3,9,11-13H2. The van der Waals surface area contributed by atoms with Crippen LogP contribution in [-0.4, -0.2) is 35.6 Å². The first-order chi connectivity index (χ1) is 11.7. The lowest BCUT2D eigenvalue weighted by atomic mass is 9.91. The van der Waals surface area contributed by atoms with E-state index in [2.05, 4.69) is 0 Å². The van der Waals surface area contributed by atoms with Crippen LogP contribution in [0.25, 0.3) is 0 Å². The summed E-state index contributed by atoms with van der Waals surface area (Å²) in [5.74, 6) is 0.758. The Bertz CT molecular complexity index is 654. The number of hydrogen-bond acceptors (Lipinski definition) is 3. The number of rotatable bonds is 5. The molecule has 4 nitrogen and oxygen atoms in total. The largest absolute Gasteiger partial charge is 0.469 e. The normalized spacial score (nSPS) is 19.2. The van der Waals surface area contributed by atoms with Gasteiger partial charge in [0.05, 0.1) is 12.2 Å². The van der Waals surface area contributed by atoms with Crippen molar-refractivity contribution in [2.75, 3.05) is 19.7 Å². The van der Waals surface area contributed by atoms with E-state index >= 15 is 0 Å². The van der Waals surface area contributed by atoms with E-state index in [9.17, 15) is 9.90 Å². The number of carbonyl (C=O) groups excluding carboxylic acids is 1. The molecule has 0 radical (unpaired) electrons. The van der Waals surface area contributed by atoms with Crippen LogP contribution < -0.4 is 0 Å². The summed E-state index contributed by atoms with van der Waals surface area (Å²) >= 11 is 5.98. The van der Waals surface area contributed by atoms with Gasteiger partial charge in [-0.3, -0.25) is 4.79 Å². The predicted octanol–water partition coefficient (Wildman–Crippen LogP) is 3.49. The highest BCUT2D eigenvalue weighted by Gasteiger charge is 2.30. The van der Waals surface area contributed by atoms with Gasteiger partial charge in [0.2, 0.25) is 5.91 Å². The molecule has 1 aromatic heterocycles. The second-order valence-corrected chi connectivity index (χ2v) is 6.80. The number of hydrogen-bond donors (Lipinski definition) is 1. The molecule has 2 aromatic rings. The molecule has 0 aliphatic carbocycles. The van der Waals surface area contributed by atoms with Crippen molar-refractivity contribution in [1.29, 1.82) is 0 Å². The molecule has 2 heterocycles. The van der Waals surface area contributed by atoms with E-state index in [1.165, 1.54) is 0 Å². The molecular weight excluding hydrogens is 326 g/mol. The maximum atomic E-state index is 13.1. The fraction of sp³-hybridized carbons (Fsp3) is 0.421. The Labute approximate surface area is 147 Å². The van der Waals surface area contributed by atoms with Crippen LogP contribution in [0.5, 0.6) is 0 Å². The average Bonchev–Trinajstić information content (AvgIpc) is 3.13. The summed E-state index contributed by atoms with van der Waals surface area (Å²) in [6.07, 6.45) is 4.06. The van der Waals surface area contributed by atoms with Gasteiger partial charge in [0.25, 0.3) is 0 Å². The van der Waals surface area contributed by atoms with Crippen molar-refractivity contribution in [3.8, 4) is 0 Å². The summed E-state index contributed by atoms with van der Waals surface area (Å²) in [5.41, 5.74) is 0.937. The Kier molecular flexibility index (Phi) is 5.59. The number of nitrogens with zero attached hydrogens (tertiary/aromatic N) is 1. The van der Waals surface area contributed by atoms with Crippen molar-refractivity contribution in [3.05, 3.63) is 59.0 Å². The Morgan fingerprint density at radius 1 is 1.33 bits per heavy atom. The van der Waals surface area contributed by atoms with Crippen molar-refractivity contribution >= 4 is 17.5 Å². The Balaban J connectivity index is 1.82. The fourth-order valence-electron chi connectivity index (χ4n) is 3.31. The maximum Gasteiger partial charge on any atom is 0.230 e. The highest BCUT2D eigenvalue weighted by molar-refractivity contribution is 6.30. The molecule has 1 N–H and O–H groups in total. The average molecular weight is 348 g/mol. The van der Waals surface area contributed by atoms with E-state index < -0.39 is 0 Å². The molecule has 1 fully saturated rings. The van der Waals surface area contributed by atoms with Crippen molar-refractivity contribution in [3.63, 3.8) is 0 Å². The van der Waals surface area contributed by atoms with Gasteiger partial charge in [-0.2, -0.15) is 0 Å². The summed E-state index contributed by atoms with van der Waals surface area (Å²) in [6, 6.07) is 11.2. The highest BCUT2D eigenvalue weighted by atomic mass is 35.5. The van der Waals surface area contributed by atoms with Gasteiger partial charge in [-0.05, 0) is 48.6 Å². The van der Waals surface area contributed by atoms with E-state index in [-0.39, 0.29) is 24.3 Å². The maximum absolute atomic E-state index is 13.1. The molecule has 5 heteroatoms. The molecule has 1 aliphatic heterocycles. The third kappa shape index (κ3) is 4.00. The van der Waals surface area contributed by atoms with Crippen molar-refractivity contribution in [2.24, 2.45) is 5.92 Å². The number of carbonyl (C=O) groups is 1. The minimum Gasteiger partial charge on any atom is -0.469 e. The van der Waals surface area contributed by atoms with Gasteiger partial charge in [-0.1, -0.05) is 23.7 Å². The lowest BCUT2D eigenvalue weighted by molar-refractivity contribution is -0.135. The van der Waals surface area contributed by atoms with Crippen LogP contribution in [0.2, 0.25) is 5.02 Å². The smallest absolute Gasteiger partial charge is 0.230 e. The summed E-state index contributed by atoms with van der Waals surface area (Å²) in [4.78, 5) is 15.0. The van der Waals surface area contributed by atoms with Crippen LogP contribution in [0, 0.1) is 5.92 Å². The van der Waals surface area contributed by atoms with Crippen LogP contribution in [0.15, 0.2) is 47.1 Å². The van der Waals surface area contributed by atoms with Gasteiger partial charge < -0.3 is 14.4 Å². The molecule has 24 heavy (non-hydrogen) atoms. The van der Waals surface area contributed by atoms with Crippen LogP contribution in [-0.2, 0) is 11.2 Å². The SMILES string of the molecule is O=C(C(Cc1ccco1)c1ccc(Cl)cc1)N1CCCC(CO)C1. The van der Waals surface area contributed by atoms with Crippen LogP contribution in [0.4, 0.5) is 0 Å². The molecule has 1 aliphatic rings. The molecule has 128 valence electrons. The molecule has 3 rings (SSSR count). The lowest BCUT2D eigenvalue weighted by Crippen LogP contribution is -2.43. The minimum atomic E-state index is -0.300. The molecule has 0 spiro atoms. The first kappa shape index (κ1) is 17.1. The van der Waals surface area contributed by atoms with Crippen molar-refractivity contribution in [2.45, 2.75) is 25.2 Å². The van der Waals surface area contributed by atoms with Crippen LogP contribution >= 0.6 is 11.6 Å². The van der Waals surface area contributed by atoms with Gasteiger partial charge in [0, 0.05) is 31.1 Å². The lowest BCUT2D eigenvalue weighted by Gasteiger charge is -2.34. The number of aliphatic hydroxyl groups excluding tert-OH is 1. The molecular formula is C19H22ClNO3. The second-order valence-electron chi connectivity index (χ2n) is 6.36. The van der Waals surface area contributed by atoms with E-state index in [0.29, 0.717) is 18.0 Å². The number of furan rings is 1. The van der Waals surface area contributed by atoms with E-state index in [1.54, 1.807) is 6.26 Å². The first-order valence-electron chi connectivity index (χ1n) is 8.35. The number of halogens is 1. The number of amides is 1. The second kappa shape index (κ2) is 7.86. The Morgan fingerprint density at radius 2 is 2.12 bits per heavy atom. The van der Waals surface area contributed by atoms with Gasteiger partial charge in [0.15, 0.2) is 0 Å². The zero-order valence-corrected chi connectivity index (χ0v) is 14.3. The van der Waals surface area contributed by atoms with Crippen molar-refractivity contribution in [1.82, 2.24) is 4.90 Å². The quantitative estimate of drug-likeness (QED) is 0.900. The third-order valence-corrected chi connectivity index (χ3v) is 4.90. The number of aliphatic hydroxyl groups is 1. The monoisotopic (exact) mass is 347 g/mol. The molecule has 1 aromatic carbocycles. The highest BCUT2D eigenvalue weighted by Crippen LogP contribution is 2.27. The summed E-state index contributed by atoms with van der Waals surface area (Å²) < 4.78 is 5.45. The summed E-state index contributed by atoms with van der Waals surface area (Å²) in [7, 11) is 0. The van der Waals surface area contributed by atoms with Gasteiger partial charge >= 0.3 is 0 Å². The zero-order valence-electron chi connectivity index (χ0n) is 13.5. The van der Waals surface area contributed by atoms with E-state index in [1.807, 2.05) is 41.3 Å². The number of likely N-dealkylation sites (tertiary alicyclic amines) is 1. The van der Waals surface area contributed by atoms with E-state index in [4.69, 9.17) is 16.0 Å². The Hall–Kier alpha value is -1.78. The number of benzene rings is 1. The van der Waals surface area contributed by atoms with Crippen LogP contribution in [0.3, 0.4) is 0 Å². The van der Waals surface area contributed by atoms with Gasteiger partial charge in [-0.25, -0.2) is 0 Å². The van der Waals surface area contributed by atoms with Gasteiger partial charge in [0.1, 0.15) is 5.76 Å². The molecule has 0 saturated carbocycles. The zero-order chi connectivity index (χ0) is 16.9. The third-order valence-electron chi connectivity index (χ3n) is 4.64. The molecule has 2 atom stereocenters. The van der Waals surface area contributed by atoms with Crippen molar-refractivity contribution < 1.29 is 14.3 Å². The first-order valence-corrected chi connectivity index (χ1v) is 8.72. The van der Waals surface area contributed by atoms with Crippen LogP contribution in [0.1, 0.15) is 30.1 Å². The predicted molar refractivity (Wildman–Crippen MR) is 93.0 cm³/mol. The fourth-order valence-corrected chi connectivity index (χ4v) is 3.43. The number of piperidine rings is 1. The molecule has 1 amide bonds. The van der Waals surface area contributed by atoms with Gasteiger partial charge in [-0.15, -0.1) is 0 Å².